The Morgan fingerprint density at radius 3 is 2.60 bits per heavy atom. The number of rotatable bonds is 1. The molecule has 0 N–H and O–H groups in total. The van der Waals surface area contributed by atoms with Crippen molar-refractivity contribution in [2.45, 2.75) is 25.7 Å². The molecule has 0 radical (unpaired) electrons. The summed E-state index contributed by atoms with van der Waals surface area (Å²) in [5.74, 6) is -0.233. The molecule has 1 aliphatic rings. The molecular weight excluding hydrogens is 190 g/mol. The van der Waals surface area contributed by atoms with Crippen molar-refractivity contribution in [3.63, 3.8) is 0 Å². The summed E-state index contributed by atoms with van der Waals surface area (Å²) in [4.78, 5) is 15.9. The van der Waals surface area contributed by atoms with Crippen LogP contribution in [0, 0.1) is 0 Å². The molecule has 1 aliphatic heterocycles. The third-order valence-electron chi connectivity index (χ3n) is 2.41. The minimum absolute atomic E-state index is 0.233. The molecule has 0 aromatic heterocycles. The van der Waals surface area contributed by atoms with Gasteiger partial charge < -0.3 is 4.84 Å². The molecule has 2 rings (SSSR count). The quantitative estimate of drug-likeness (QED) is 0.658. The largest absolute Gasteiger partial charge is 0.335 e. The van der Waals surface area contributed by atoms with Gasteiger partial charge in [0.1, 0.15) is 0 Å². The topological polar surface area (TPSA) is 38.7 Å². The minimum atomic E-state index is -0.233. The number of carbonyl (C=O) groups is 1. The number of oxime groups is 1. The van der Waals surface area contributed by atoms with Crippen LogP contribution in [0.1, 0.15) is 31.2 Å². The van der Waals surface area contributed by atoms with Crippen LogP contribution in [-0.4, -0.2) is 11.7 Å². The maximum atomic E-state index is 11.1. The number of nitrogens with zero attached hydrogens (tertiary/aromatic N) is 1. The van der Waals surface area contributed by atoms with E-state index in [-0.39, 0.29) is 5.97 Å². The maximum absolute atomic E-state index is 11.1. The SMILES string of the molecule is O=C1CCCC/C(c2ccccc2)=N\O1. The van der Waals surface area contributed by atoms with Gasteiger partial charge in [0, 0.05) is 6.42 Å². The van der Waals surface area contributed by atoms with E-state index in [4.69, 9.17) is 4.84 Å². The minimum Gasteiger partial charge on any atom is -0.318 e. The average molecular weight is 203 g/mol. The van der Waals surface area contributed by atoms with E-state index in [0.29, 0.717) is 6.42 Å². The van der Waals surface area contributed by atoms with E-state index in [2.05, 4.69) is 5.16 Å². The summed E-state index contributed by atoms with van der Waals surface area (Å²) in [6, 6.07) is 9.83. The first-order valence-electron chi connectivity index (χ1n) is 5.18. The third-order valence-corrected chi connectivity index (χ3v) is 2.41. The van der Waals surface area contributed by atoms with Crippen molar-refractivity contribution >= 4 is 11.7 Å². The molecule has 15 heavy (non-hydrogen) atoms. The van der Waals surface area contributed by atoms with Gasteiger partial charge in [-0.25, -0.2) is 4.79 Å². The lowest BCUT2D eigenvalue weighted by molar-refractivity contribution is -0.144. The van der Waals surface area contributed by atoms with E-state index in [1.54, 1.807) is 0 Å². The van der Waals surface area contributed by atoms with Gasteiger partial charge >= 0.3 is 5.97 Å². The van der Waals surface area contributed by atoms with Crippen LogP contribution in [0.2, 0.25) is 0 Å². The first-order chi connectivity index (χ1) is 7.36. The van der Waals surface area contributed by atoms with Gasteiger partial charge in [-0.05, 0) is 24.8 Å². The molecule has 0 atom stereocenters. The van der Waals surface area contributed by atoms with Gasteiger partial charge in [-0.15, -0.1) is 0 Å². The summed E-state index contributed by atoms with van der Waals surface area (Å²) >= 11 is 0. The van der Waals surface area contributed by atoms with Crippen molar-refractivity contribution in [1.82, 2.24) is 0 Å². The third kappa shape index (κ3) is 2.65. The van der Waals surface area contributed by atoms with E-state index in [0.717, 1.165) is 30.5 Å². The second kappa shape index (κ2) is 4.73. The maximum Gasteiger partial charge on any atom is 0.335 e. The standard InChI is InChI=1S/C12H13NO2/c14-12-9-5-4-8-11(13-15-12)10-6-2-1-3-7-10/h1-3,6-7H,4-5,8-9H2/b13-11+. The van der Waals surface area contributed by atoms with Crippen LogP contribution >= 0.6 is 0 Å². The summed E-state index contributed by atoms with van der Waals surface area (Å²) in [7, 11) is 0. The Morgan fingerprint density at radius 1 is 1.07 bits per heavy atom. The highest BCUT2D eigenvalue weighted by molar-refractivity contribution is 6.00. The molecule has 1 heterocycles. The molecule has 0 saturated heterocycles. The Labute approximate surface area is 88.7 Å². The van der Waals surface area contributed by atoms with E-state index >= 15 is 0 Å². The fourth-order valence-electron chi connectivity index (χ4n) is 1.59. The van der Waals surface area contributed by atoms with Gasteiger partial charge in [0.25, 0.3) is 0 Å². The highest BCUT2D eigenvalue weighted by Crippen LogP contribution is 2.13. The number of benzene rings is 1. The molecule has 0 saturated carbocycles. The number of carbonyl (C=O) groups excluding carboxylic acids is 1. The predicted molar refractivity (Wildman–Crippen MR) is 57.5 cm³/mol. The van der Waals surface area contributed by atoms with Gasteiger partial charge in [0.15, 0.2) is 0 Å². The highest BCUT2D eigenvalue weighted by Gasteiger charge is 2.10. The Hall–Kier alpha value is -1.64. The lowest BCUT2D eigenvalue weighted by Crippen LogP contribution is -2.09. The molecule has 1 aromatic carbocycles. The number of hydrogen-bond acceptors (Lipinski definition) is 3. The van der Waals surface area contributed by atoms with Crippen LogP contribution in [0.25, 0.3) is 0 Å². The van der Waals surface area contributed by atoms with Crippen molar-refractivity contribution in [3.05, 3.63) is 35.9 Å². The zero-order chi connectivity index (χ0) is 10.5. The van der Waals surface area contributed by atoms with Gasteiger partial charge in [0.05, 0.1) is 5.71 Å². The molecule has 0 unspecified atom stereocenters. The molecule has 0 fully saturated rings. The monoisotopic (exact) mass is 203 g/mol. The number of hydrogen-bond donors (Lipinski definition) is 0. The molecule has 78 valence electrons. The van der Waals surface area contributed by atoms with E-state index in [1.165, 1.54) is 0 Å². The van der Waals surface area contributed by atoms with Crippen LogP contribution in [0.4, 0.5) is 0 Å². The van der Waals surface area contributed by atoms with E-state index < -0.39 is 0 Å². The normalized spacial score (nSPS) is 20.8. The molecule has 1 aromatic rings. The van der Waals surface area contributed by atoms with Gasteiger partial charge in [-0.3, -0.25) is 0 Å². The second-order valence-electron chi connectivity index (χ2n) is 3.57. The molecule has 0 spiro atoms. The first kappa shape index (κ1) is 9.90. The molecule has 3 nitrogen and oxygen atoms in total. The van der Waals surface area contributed by atoms with Crippen molar-refractivity contribution in [3.8, 4) is 0 Å². The summed E-state index contributed by atoms with van der Waals surface area (Å²) < 4.78 is 0. The lowest BCUT2D eigenvalue weighted by atomic mass is 10.0. The van der Waals surface area contributed by atoms with E-state index in [9.17, 15) is 4.79 Å². The molecule has 0 amide bonds. The summed E-state index contributed by atoms with van der Waals surface area (Å²) in [5.41, 5.74) is 1.90. The fourth-order valence-corrected chi connectivity index (χ4v) is 1.59. The molecule has 0 aliphatic carbocycles. The fraction of sp³-hybridized carbons (Fsp3) is 0.333. The Balaban J connectivity index is 2.20. The van der Waals surface area contributed by atoms with Crippen LogP contribution in [0.5, 0.6) is 0 Å². The lowest BCUT2D eigenvalue weighted by Gasteiger charge is -2.09. The van der Waals surface area contributed by atoms with Crippen LogP contribution in [-0.2, 0) is 9.63 Å². The average Bonchev–Trinajstić information content (AvgIpc) is 2.25. The summed E-state index contributed by atoms with van der Waals surface area (Å²) in [5, 5.41) is 3.90. The van der Waals surface area contributed by atoms with Crippen LogP contribution in [0.15, 0.2) is 35.5 Å². The zero-order valence-electron chi connectivity index (χ0n) is 8.48. The first-order valence-corrected chi connectivity index (χ1v) is 5.18. The van der Waals surface area contributed by atoms with Gasteiger partial charge in [0.2, 0.25) is 0 Å². The van der Waals surface area contributed by atoms with Crippen molar-refractivity contribution < 1.29 is 9.63 Å². The molecular formula is C12H13NO2. The van der Waals surface area contributed by atoms with Gasteiger partial charge in [-0.2, -0.15) is 0 Å². The van der Waals surface area contributed by atoms with Crippen molar-refractivity contribution in [2.75, 3.05) is 0 Å². The van der Waals surface area contributed by atoms with Crippen LogP contribution in [0.3, 0.4) is 0 Å². The highest BCUT2D eigenvalue weighted by atomic mass is 16.7. The summed E-state index contributed by atoms with van der Waals surface area (Å²) in [6.45, 7) is 0. The van der Waals surface area contributed by atoms with Gasteiger partial charge in [-0.1, -0.05) is 35.5 Å². The van der Waals surface area contributed by atoms with Crippen LogP contribution < -0.4 is 0 Å². The molecule has 3 heteroatoms. The zero-order valence-corrected chi connectivity index (χ0v) is 8.48. The second-order valence-corrected chi connectivity index (χ2v) is 3.57. The smallest absolute Gasteiger partial charge is 0.318 e. The predicted octanol–water partition coefficient (Wildman–Crippen LogP) is 2.51. The molecule has 0 bridgehead atoms. The van der Waals surface area contributed by atoms with E-state index in [1.807, 2.05) is 30.3 Å². The van der Waals surface area contributed by atoms with Crippen molar-refractivity contribution in [2.24, 2.45) is 5.16 Å². The Kier molecular flexibility index (Phi) is 3.12. The van der Waals surface area contributed by atoms with Crippen molar-refractivity contribution in [1.29, 1.82) is 0 Å². The Morgan fingerprint density at radius 2 is 1.80 bits per heavy atom. The Bertz CT molecular complexity index is 370. The summed E-state index contributed by atoms with van der Waals surface area (Å²) in [6.07, 6.45) is 3.22.